The van der Waals surface area contributed by atoms with Crippen molar-refractivity contribution in [3.05, 3.63) is 42.3 Å². The highest BCUT2D eigenvalue weighted by Crippen LogP contribution is 2.11. The lowest BCUT2D eigenvalue weighted by atomic mass is 10.2. The molecule has 0 saturated carbocycles. The summed E-state index contributed by atoms with van der Waals surface area (Å²) in [5.74, 6) is 3.09. The minimum absolute atomic E-state index is 0.543. The highest BCUT2D eigenvalue weighted by atomic mass is 16.5. The quantitative estimate of drug-likeness (QED) is 0.578. The van der Waals surface area contributed by atoms with E-state index in [1.807, 2.05) is 31.2 Å². The molecule has 0 unspecified atom stereocenters. The minimum atomic E-state index is 0.543. The van der Waals surface area contributed by atoms with Gasteiger partial charge >= 0.3 is 0 Å². The fraction of sp³-hybridized carbons (Fsp3) is 0.167. The molecule has 0 saturated heterocycles. The third-order valence-corrected chi connectivity index (χ3v) is 1.65. The predicted molar refractivity (Wildman–Crippen MR) is 58.8 cm³/mol. The highest BCUT2D eigenvalue weighted by molar-refractivity contribution is 5.50. The van der Waals surface area contributed by atoms with Crippen LogP contribution in [0.2, 0.25) is 0 Å². The number of hydrogen-bond acceptors (Lipinski definition) is 2. The van der Waals surface area contributed by atoms with Gasteiger partial charge in [0.1, 0.15) is 0 Å². The van der Waals surface area contributed by atoms with Crippen LogP contribution in [-0.4, -0.2) is 6.61 Å². The Balaban J connectivity index is 2.61. The Morgan fingerprint density at radius 3 is 2.64 bits per heavy atom. The van der Waals surface area contributed by atoms with E-state index in [0.717, 1.165) is 11.3 Å². The van der Waals surface area contributed by atoms with Crippen molar-refractivity contribution in [3.8, 4) is 12.3 Å². The van der Waals surface area contributed by atoms with Crippen molar-refractivity contribution in [1.29, 1.82) is 0 Å². The first-order valence-electron chi connectivity index (χ1n) is 4.41. The lowest BCUT2D eigenvalue weighted by molar-refractivity contribution is 0.236. The molecule has 0 bridgehead atoms. The third kappa shape index (κ3) is 2.87. The summed E-state index contributed by atoms with van der Waals surface area (Å²) in [7, 11) is 0. The molecule has 0 fully saturated rings. The lowest BCUT2D eigenvalue weighted by Gasteiger charge is -2.09. The van der Waals surface area contributed by atoms with E-state index >= 15 is 0 Å². The van der Waals surface area contributed by atoms with Crippen LogP contribution in [0.15, 0.2) is 36.7 Å². The maximum absolute atomic E-state index is 5.24. The lowest BCUT2D eigenvalue weighted by Crippen LogP contribution is -2.01. The van der Waals surface area contributed by atoms with Crippen LogP contribution < -0.4 is 5.32 Å². The van der Waals surface area contributed by atoms with Gasteiger partial charge < -0.3 is 10.1 Å². The zero-order chi connectivity index (χ0) is 10.4. The molecule has 1 N–H and O–H groups in total. The number of hydrogen-bond donors (Lipinski definition) is 1. The second kappa shape index (κ2) is 4.98. The molecule has 0 radical (unpaired) electrons. The molecule has 0 atom stereocenters. The van der Waals surface area contributed by atoms with Crippen molar-refractivity contribution in [2.24, 2.45) is 0 Å². The van der Waals surface area contributed by atoms with E-state index in [4.69, 9.17) is 11.2 Å². The van der Waals surface area contributed by atoms with Gasteiger partial charge in [-0.15, -0.1) is 6.42 Å². The smallest absolute Gasteiger partial charge is 0.183 e. The van der Waals surface area contributed by atoms with Gasteiger partial charge in [0.05, 0.1) is 6.61 Å². The summed E-state index contributed by atoms with van der Waals surface area (Å²) in [5.41, 5.74) is 1.78. The van der Waals surface area contributed by atoms with Crippen molar-refractivity contribution in [2.45, 2.75) is 6.92 Å². The molecule has 0 spiro atoms. The number of terminal acetylenes is 1. The number of anilines is 1. The van der Waals surface area contributed by atoms with Crippen molar-refractivity contribution < 1.29 is 4.74 Å². The Bertz CT molecular complexity index is 346. The van der Waals surface area contributed by atoms with E-state index in [0.29, 0.717) is 12.5 Å². The molecule has 1 aromatic carbocycles. The van der Waals surface area contributed by atoms with Crippen molar-refractivity contribution in [1.82, 2.24) is 0 Å². The number of ether oxygens (including phenoxy) is 1. The fourth-order valence-corrected chi connectivity index (χ4v) is 1.02. The van der Waals surface area contributed by atoms with E-state index in [-0.39, 0.29) is 0 Å². The van der Waals surface area contributed by atoms with Crippen LogP contribution in [-0.2, 0) is 4.74 Å². The van der Waals surface area contributed by atoms with E-state index in [9.17, 15) is 0 Å². The fourth-order valence-electron chi connectivity index (χ4n) is 1.02. The second-order valence-electron chi connectivity index (χ2n) is 2.70. The number of rotatable bonds is 4. The predicted octanol–water partition coefficient (Wildman–Crippen LogP) is 2.59. The summed E-state index contributed by atoms with van der Waals surface area (Å²) < 4.78 is 5.16. The van der Waals surface area contributed by atoms with Gasteiger partial charge in [-0.25, -0.2) is 0 Å². The van der Waals surface area contributed by atoms with Gasteiger partial charge in [0.15, 0.2) is 5.88 Å². The molecule has 2 nitrogen and oxygen atoms in total. The van der Waals surface area contributed by atoms with Crippen LogP contribution in [0.4, 0.5) is 5.69 Å². The first kappa shape index (κ1) is 10.2. The van der Waals surface area contributed by atoms with Crippen molar-refractivity contribution in [2.75, 3.05) is 11.9 Å². The molecular weight excluding hydrogens is 174 g/mol. The van der Waals surface area contributed by atoms with Gasteiger partial charge in [0.2, 0.25) is 0 Å². The van der Waals surface area contributed by atoms with E-state index in [1.54, 1.807) is 0 Å². The molecule has 0 heterocycles. The largest absolute Gasteiger partial charge is 0.480 e. The Hall–Kier alpha value is -1.88. The van der Waals surface area contributed by atoms with Crippen LogP contribution in [0, 0.1) is 12.3 Å². The third-order valence-electron chi connectivity index (χ3n) is 1.65. The minimum Gasteiger partial charge on any atom is -0.480 e. The Kier molecular flexibility index (Phi) is 3.63. The average molecular weight is 187 g/mol. The monoisotopic (exact) mass is 187 g/mol. The van der Waals surface area contributed by atoms with Gasteiger partial charge in [-0.2, -0.15) is 0 Å². The van der Waals surface area contributed by atoms with Crippen molar-refractivity contribution in [3.63, 3.8) is 0 Å². The van der Waals surface area contributed by atoms with Gasteiger partial charge in [0, 0.05) is 11.3 Å². The van der Waals surface area contributed by atoms with Gasteiger partial charge in [-0.1, -0.05) is 5.92 Å². The summed E-state index contributed by atoms with van der Waals surface area (Å²) >= 11 is 0. The first-order chi connectivity index (χ1) is 6.76. The Morgan fingerprint density at radius 2 is 2.14 bits per heavy atom. The van der Waals surface area contributed by atoms with Crippen LogP contribution in [0.5, 0.6) is 0 Å². The Labute approximate surface area is 84.6 Å². The molecule has 1 aromatic rings. The Morgan fingerprint density at radius 1 is 1.50 bits per heavy atom. The van der Waals surface area contributed by atoms with Crippen LogP contribution in [0.25, 0.3) is 0 Å². The standard InChI is InChI=1S/C12H13NO/c1-4-11-6-8-12(9-7-11)13-10(3)14-5-2/h1,6-9,13H,3,5H2,2H3. The normalized spacial score (nSPS) is 8.86. The summed E-state index contributed by atoms with van der Waals surface area (Å²) in [6, 6.07) is 7.50. The molecule has 0 aromatic heterocycles. The molecule has 14 heavy (non-hydrogen) atoms. The van der Waals surface area contributed by atoms with Crippen LogP contribution in [0.1, 0.15) is 12.5 Å². The van der Waals surface area contributed by atoms with Crippen molar-refractivity contribution >= 4 is 5.69 Å². The highest BCUT2D eigenvalue weighted by Gasteiger charge is 1.94. The van der Waals surface area contributed by atoms with E-state index in [1.165, 1.54) is 0 Å². The maximum atomic E-state index is 5.24. The van der Waals surface area contributed by atoms with Crippen LogP contribution in [0.3, 0.4) is 0 Å². The molecule has 0 aliphatic heterocycles. The number of benzene rings is 1. The summed E-state index contributed by atoms with van der Waals surface area (Å²) in [4.78, 5) is 0. The average Bonchev–Trinajstić information content (AvgIpc) is 2.19. The zero-order valence-electron chi connectivity index (χ0n) is 8.21. The molecule has 72 valence electrons. The van der Waals surface area contributed by atoms with Gasteiger partial charge in [-0.05, 0) is 37.8 Å². The van der Waals surface area contributed by atoms with E-state index in [2.05, 4.69) is 17.8 Å². The summed E-state index contributed by atoms with van der Waals surface area (Å²) in [5, 5.41) is 3.01. The maximum Gasteiger partial charge on any atom is 0.183 e. The molecule has 1 rings (SSSR count). The summed E-state index contributed by atoms with van der Waals surface area (Å²) in [6.45, 7) is 6.23. The molecular formula is C12H13NO. The number of nitrogens with one attached hydrogen (secondary N) is 1. The van der Waals surface area contributed by atoms with E-state index < -0.39 is 0 Å². The SMILES string of the molecule is C#Cc1ccc(NC(=C)OCC)cc1. The molecule has 0 amide bonds. The molecule has 0 aliphatic rings. The first-order valence-corrected chi connectivity index (χ1v) is 4.41. The summed E-state index contributed by atoms with van der Waals surface area (Å²) in [6.07, 6.45) is 5.24. The van der Waals surface area contributed by atoms with Gasteiger partial charge in [-0.3, -0.25) is 0 Å². The van der Waals surface area contributed by atoms with Gasteiger partial charge in [0.25, 0.3) is 0 Å². The zero-order valence-corrected chi connectivity index (χ0v) is 8.21. The second-order valence-corrected chi connectivity index (χ2v) is 2.70. The molecule has 0 aliphatic carbocycles. The molecule has 2 heteroatoms. The topological polar surface area (TPSA) is 21.3 Å². The van der Waals surface area contributed by atoms with Crippen LogP contribution >= 0.6 is 0 Å².